The molecule has 0 unspecified atom stereocenters. The van der Waals surface area contributed by atoms with E-state index < -0.39 is 0 Å². The first-order valence-corrected chi connectivity index (χ1v) is 17.0. The van der Waals surface area contributed by atoms with E-state index in [2.05, 4.69) is 193 Å². The minimum atomic E-state index is -0.337. The molecule has 0 saturated heterocycles. The summed E-state index contributed by atoms with van der Waals surface area (Å²) >= 11 is 3.67. The molecule has 0 saturated carbocycles. The van der Waals surface area contributed by atoms with Crippen molar-refractivity contribution in [2.45, 2.75) is 12.3 Å². The summed E-state index contributed by atoms with van der Waals surface area (Å²) in [6, 6.07) is 58.1. The van der Waals surface area contributed by atoms with Gasteiger partial charge in [-0.25, -0.2) is 0 Å². The average molecular weight is 664 g/mol. The van der Waals surface area contributed by atoms with Crippen LogP contribution in [0.3, 0.4) is 0 Å². The molecule has 1 heteroatoms. The molecule has 0 fully saturated rings. The van der Waals surface area contributed by atoms with Crippen LogP contribution < -0.4 is 0 Å². The van der Waals surface area contributed by atoms with Crippen LogP contribution in [0.5, 0.6) is 0 Å². The van der Waals surface area contributed by atoms with Gasteiger partial charge in [0, 0.05) is 4.47 Å². The average Bonchev–Trinajstić information content (AvgIpc) is 3.58. The molecular formula is C46H31Br. The fourth-order valence-corrected chi connectivity index (χ4v) is 8.47. The maximum Gasteiger partial charge on any atom is 0.0725 e. The van der Waals surface area contributed by atoms with Gasteiger partial charge >= 0.3 is 0 Å². The van der Waals surface area contributed by atoms with E-state index in [1.54, 1.807) is 0 Å². The highest BCUT2D eigenvalue weighted by atomic mass is 79.9. The number of benzene rings is 7. The lowest BCUT2D eigenvalue weighted by Gasteiger charge is -2.30. The third-order valence-corrected chi connectivity index (χ3v) is 10.6. The van der Waals surface area contributed by atoms with Crippen molar-refractivity contribution in [2.24, 2.45) is 0 Å². The van der Waals surface area contributed by atoms with Gasteiger partial charge in [0.2, 0.25) is 0 Å². The van der Waals surface area contributed by atoms with Gasteiger partial charge in [-0.15, -0.1) is 0 Å². The molecular weight excluding hydrogens is 632 g/mol. The van der Waals surface area contributed by atoms with Gasteiger partial charge < -0.3 is 0 Å². The lowest BCUT2D eigenvalue weighted by atomic mass is 9.70. The van der Waals surface area contributed by atoms with Gasteiger partial charge in [0.05, 0.1) is 5.41 Å². The van der Waals surface area contributed by atoms with Crippen molar-refractivity contribution in [1.29, 1.82) is 0 Å². The number of aryl methyl sites for hydroxylation is 1. The summed E-state index contributed by atoms with van der Waals surface area (Å²) in [5.74, 6) is 0. The van der Waals surface area contributed by atoms with Crippen molar-refractivity contribution in [3.63, 3.8) is 0 Å². The first kappa shape index (κ1) is 28.0. The fraction of sp³-hybridized carbons (Fsp3) is 0.0435. The molecule has 0 bridgehead atoms. The molecule has 0 N–H and O–H groups in total. The SMILES string of the molecule is Cc1ccccc1-c1ccc(-c2cccc(Br)c2)cc1/C=C\c1ccc2c(c1)C1(c3ccccc3-c3ccccc31)c1ccccc1-2. The molecule has 222 valence electrons. The minimum absolute atomic E-state index is 0.337. The number of fused-ring (bicyclic) bond motifs is 10. The molecule has 0 heterocycles. The highest BCUT2D eigenvalue weighted by molar-refractivity contribution is 9.10. The third-order valence-electron chi connectivity index (χ3n) is 10.1. The quantitative estimate of drug-likeness (QED) is 0.164. The summed E-state index contributed by atoms with van der Waals surface area (Å²) in [5.41, 5.74) is 19.0. The normalized spacial score (nSPS) is 13.4. The van der Waals surface area contributed by atoms with E-state index in [1.165, 1.54) is 83.5 Å². The summed E-state index contributed by atoms with van der Waals surface area (Å²) in [7, 11) is 0. The Morgan fingerprint density at radius 1 is 0.426 bits per heavy atom. The second-order valence-corrected chi connectivity index (χ2v) is 13.6. The van der Waals surface area contributed by atoms with Crippen LogP contribution in [0.4, 0.5) is 0 Å². The molecule has 2 aliphatic carbocycles. The monoisotopic (exact) mass is 662 g/mol. The number of halogens is 1. The van der Waals surface area contributed by atoms with Gasteiger partial charge in [0.15, 0.2) is 0 Å². The van der Waals surface area contributed by atoms with E-state index in [1.807, 2.05) is 0 Å². The first-order valence-electron chi connectivity index (χ1n) is 16.2. The van der Waals surface area contributed by atoms with Crippen molar-refractivity contribution in [3.05, 3.63) is 201 Å². The molecule has 0 radical (unpaired) electrons. The molecule has 47 heavy (non-hydrogen) atoms. The zero-order valence-corrected chi connectivity index (χ0v) is 27.6. The second-order valence-electron chi connectivity index (χ2n) is 12.7. The Kier molecular flexibility index (Phi) is 6.52. The van der Waals surface area contributed by atoms with E-state index in [9.17, 15) is 0 Å². The predicted octanol–water partition coefficient (Wildman–Crippen LogP) is 12.6. The molecule has 0 atom stereocenters. The van der Waals surface area contributed by atoms with Gasteiger partial charge in [-0.1, -0.05) is 162 Å². The van der Waals surface area contributed by atoms with Crippen molar-refractivity contribution in [2.75, 3.05) is 0 Å². The van der Waals surface area contributed by atoms with Gasteiger partial charge in [-0.3, -0.25) is 0 Å². The van der Waals surface area contributed by atoms with Crippen molar-refractivity contribution in [1.82, 2.24) is 0 Å². The molecule has 9 rings (SSSR count). The van der Waals surface area contributed by atoms with E-state index in [4.69, 9.17) is 0 Å². The third kappa shape index (κ3) is 4.27. The van der Waals surface area contributed by atoms with Crippen LogP contribution in [0, 0.1) is 6.92 Å². The van der Waals surface area contributed by atoms with Gasteiger partial charge in [0.1, 0.15) is 0 Å². The first-order chi connectivity index (χ1) is 23.1. The van der Waals surface area contributed by atoms with Crippen molar-refractivity contribution in [3.8, 4) is 44.5 Å². The molecule has 7 aromatic carbocycles. The molecule has 0 aliphatic heterocycles. The Morgan fingerprint density at radius 2 is 0.979 bits per heavy atom. The zero-order valence-electron chi connectivity index (χ0n) is 26.0. The summed E-state index contributed by atoms with van der Waals surface area (Å²) < 4.78 is 1.08. The van der Waals surface area contributed by atoms with E-state index >= 15 is 0 Å². The summed E-state index contributed by atoms with van der Waals surface area (Å²) in [5, 5.41) is 0. The topological polar surface area (TPSA) is 0 Å². The van der Waals surface area contributed by atoms with Crippen LogP contribution >= 0.6 is 15.9 Å². The van der Waals surface area contributed by atoms with Gasteiger partial charge in [0.25, 0.3) is 0 Å². The van der Waals surface area contributed by atoms with Crippen LogP contribution in [-0.2, 0) is 5.41 Å². The Morgan fingerprint density at radius 3 is 1.62 bits per heavy atom. The van der Waals surface area contributed by atoms with Crippen LogP contribution in [0.1, 0.15) is 38.9 Å². The number of rotatable bonds is 4. The maximum absolute atomic E-state index is 3.67. The zero-order chi connectivity index (χ0) is 31.5. The second kappa shape index (κ2) is 10.9. The lowest BCUT2D eigenvalue weighted by Crippen LogP contribution is -2.25. The van der Waals surface area contributed by atoms with E-state index in [0.29, 0.717) is 0 Å². The Hall–Kier alpha value is -5.24. The lowest BCUT2D eigenvalue weighted by molar-refractivity contribution is 0.793. The highest BCUT2D eigenvalue weighted by Gasteiger charge is 2.51. The van der Waals surface area contributed by atoms with Crippen molar-refractivity contribution < 1.29 is 0 Å². The number of hydrogen-bond acceptors (Lipinski definition) is 0. The summed E-state index contributed by atoms with van der Waals surface area (Å²) in [6.45, 7) is 2.19. The largest absolute Gasteiger partial charge is 0.0725 e. The molecule has 0 aromatic heterocycles. The van der Waals surface area contributed by atoms with Gasteiger partial charge in [-0.05, 0) is 115 Å². The molecule has 0 nitrogen and oxygen atoms in total. The maximum atomic E-state index is 3.67. The van der Waals surface area contributed by atoms with E-state index in [-0.39, 0.29) is 5.41 Å². The Bertz CT molecular complexity index is 2330. The fourth-order valence-electron chi connectivity index (χ4n) is 8.07. The predicted molar refractivity (Wildman–Crippen MR) is 201 cm³/mol. The van der Waals surface area contributed by atoms with Gasteiger partial charge in [-0.2, -0.15) is 0 Å². The standard InChI is InChI=1S/C46H31Br/c1-30-11-2-3-14-36(30)37-26-24-33(32-12-10-13-35(47)29-32)28-34(37)23-21-31-22-25-41-40-17-6-9-20-44(40)46(45(41)27-31)42-18-7-4-15-38(42)39-16-5-8-19-43(39)46/h2-29H,1H3/b23-21-. The van der Waals surface area contributed by atoms with Crippen LogP contribution in [-0.4, -0.2) is 0 Å². The van der Waals surface area contributed by atoms with Crippen molar-refractivity contribution >= 4 is 28.1 Å². The Balaban J connectivity index is 1.23. The number of hydrogen-bond donors (Lipinski definition) is 0. The summed E-state index contributed by atoms with van der Waals surface area (Å²) in [6.07, 6.45) is 4.60. The Labute approximate surface area is 284 Å². The molecule has 7 aromatic rings. The smallest absolute Gasteiger partial charge is 0.0620 e. The molecule has 1 spiro atoms. The molecule has 0 amide bonds. The highest BCUT2D eigenvalue weighted by Crippen LogP contribution is 2.62. The van der Waals surface area contributed by atoms with Crippen LogP contribution in [0.15, 0.2) is 162 Å². The molecule has 2 aliphatic rings. The van der Waals surface area contributed by atoms with E-state index in [0.717, 1.165) is 4.47 Å². The minimum Gasteiger partial charge on any atom is -0.0620 e. The summed E-state index contributed by atoms with van der Waals surface area (Å²) in [4.78, 5) is 0. The van der Waals surface area contributed by atoms with Crippen LogP contribution in [0.2, 0.25) is 0 Å². The van der Waals surface area contributed by atoms with Crippen LogP contribution in [0.25, 0.3) is 56.7 Å².